The number of likely N-dealkylation sites (tertiary alicyclic amines) is 3. The first-order valence-electron chi connectivity index (χ1n) is 45.2. The monoisotopic (exact) mass is 1880 g/mol. The molecule has 16 atom stereocenters. The fourth-order valence-electron chi connectivity index (χ4n) is 18.4. The Bertz CT molecular complexity index is 5060. The molecule has 726 valence electrons. The Balaban J connectivity index is 0.000000145. The molecule has 5 aromatic rings. The predicted molar refractivity (Wildman–Crippen MR) is 468 cm³/mol. The molecule has 12 aliphatic heterocycles. The second-order valence-electron chi connectivity index (χ2n) is 38.7. The van der Waals surface area contributed by atoms with Crippen LogP contribution in [0.4, 0.5) is 33.6 Å². The van der Waals surface area contributed by atoms with E-state index in [2.05, 4.69) is 47.7 Å². The highest BCUT2D eigenvalue weighted by Gasteiger charge is 2.54. The Labute approximate surface area is 771 Å². The molecule has 2 aromatic heterocycles. The maximum absolute atomic E-state index is 13.1. The molecule has 0 saturated carbocycles. The van der Waals surface area contributed by atoms with Gasteiger partial charge in [-0.2, -0.15) is 28.7 Å². The third kappa shape index (κ3) is 24.8. The van der Waals surface area contributed by atoms with Gasteiger partial charge in [0, 0.05) is 58.4 Å². The standard InChI is InChI=1S/C26H36N4O6.C25H33N5O5.C14H18N4O3.C12H18N6O6S.C11H19NO4/c1-17-12-21(29(14-17)25(34)36-26(2,3)4)22(31)13-27-23(32)20-11-10-19-15-28(20)24(33)30(19)35-16-18-8-6-5-7-9-18;1-16-12-20(29(13-16)24(32)35-25(2,3)4)22-27-26-21(34-22)19-11-10-18-14-28(19)23(31)30(18)33-15-17-8-6-5-7-9-17;15-16-13(19)12-7-6-11-8-17(12)14(20)18(11)21-9-10-4-2-1-3-5-10;13-6-3-8(14-4-6)10-15-16-11(23-10)9-2-1-7-5-17(9)12(19)18(7)24-25(20,21)22;1-7-5-8(9(13)14)12(6-7)10(15)16-11(2,3)4/h5-9,17,19-21H,10-16H2,1-4H3,(H,27,32);5-9,16,18-20H,10-15H2,1-4H3;1-5,11-12H,6-9,15H2,(H,16,19);6-9,14H,1-5,13H2,(H,20,21,22);7-8H,5-6H2,1-4H3,(H,13,14)/t17-,19-,20+,21-;16-,18-,19+,20-;11-,12+;6-,7-,8-,9?;7-,8-/m11111/s1. The molecule has 17 rings (SSSR count). The number of hydrogen-bond acceptors (Lipinski definition) is 29. The zero-order valence-electron chi connectivity index (χ0n) is 77.0. The van der Waals surface area contributed by atoms with Crippen molar-refractivity contribution >= 4 is 76.4 Å². The van der Waals surface area contributed by atoms with Crippen LogP contribution in [0.1, 0.15) is 225 Å². The number of aliphatic carboxylic acids is 1. The summed E-state index contributed by atoms with van der Waals surface area (Å²) in [5, 5.41) is 36.5. The molecule has 0 radical (unpaired) electrons. The third-order valence-corrected chi connectivity index (χ3v) is 24.9. The van der Waals surface area contributed by atoms with E-state index in [1.54, 1.807) is 51.3 Å². The van der Waals surface area contributed by atoms with Crippen molar-refractivity contribution in [3.8, 4) is 0 Å². The van der Waals surface area contributed by atoms with Gasteiger partial charge in [0.15, 0.2) is 5.78 Å². The Morgan fingerprint density at radius 3 is 1.24 bits per heavy atom. The Morgan fingerprint density at radius 2 is 0.820 bits per heavy atom. The van der Waals surface area contributed by atoms with Crippen molar-refractivity contribution in [3.63, 3.8) is 0 Å². The Hall–Kier alpha value is -11.5. The maximum Gasteiger partial charge on any atom is 0.418 e. The summed E-state index contributed by atoms with van der Waals surface area (Å²) in [4.78, 5) is 165. The number of rotatable bonds is 21. The molecule has 13 amide bonds. The predicted octanol–water partition coefficient (Wildman–Crippen LogP) is 8.38. The smallest absolute Gasteiger partial charge is 0.418 e. The van der Waals surface area contributed by atoms with E-state index in [-0.39, 0.29) is 127 Å². The molecule has 1 unspecified atom stereocenters. The summed E-state index contributed by atoms with van der Waals surface area (Å²) in [5.41, 5.74) is 9.09. The van der Waals surface area contributed by atoms with Crippen LogP contribution in [0.15, 0.2) is 99.8 Å². The van der Waals surface area contributed by atoms with Gasteiger partial charge in [0.1, 0.15) is 72.9 Å². The Kier molecular flexibility index (Phi) is 31.3. The van der Waals surface area contributed by atoms with E-state index in [0.29, 0.717) is 140 Å². The van der Waals surface area contributed by atoms with Gasteiger partial charge in [-0.15, -0.1) is 24.7 Å². The second kappa shape index (κ2) is 42.0. The summed E-state index contributed by atoms with van der Waals surface area (Å²) in [7, 11) is -4.77. The lowest BCUT2D eigenvalue weighted by molar-refractivity contribution is -0.142. The van der Waals surface area contributed by atoms with Gasteiger partial charge in [-0.1, -0.05) is 112 Å². The first kappa shape index (κ1) is 99.0. The van der Waals surface area contributed by atoms with Crippen LogP contribution in [0.5, 0.6) is 0 Å². The lowest BCUT2D eigenvalue weighted by Crippen LogP contribution is -2.52. The van der Waals surface area contributed by atoms with Gasteiger partial charge < -0.3 is 64.1 Å². The maximum atomic E-state index is 13.1. The largest absolute Gasteiger partial charge is 0.480 e. The number of urea groups is 4. The van der Waals surface area contributed by atoms with Crippen LogP contribution < -0.4 is 27.6 Å². The minimum Gasteiger partial charge on any atom is -0.480 e. The molecule has 12 aliphatic rings. The van der Waals surface area contributed by atoms with E-state index in [1.807, 2.05) is 126 Å². The zero-order valence-corrected chi connectivity index (χ0v) is 77.8. The lowest BCUT2D eigenvalue weighted by Gasteiger charge is -2.30. The number of carboxylic acid groups (broad SMARTS) is 1. The highest BCUT2D eigenvalue weighted by Crippen LogP contribution is 2.44. The number of amides is 13. The summed E-state index contributed by atoms with van der Waals surface area (Å²) in [6.07, 6.45) is 5.93. The number of nitrogens with two attached hydrogens (primary N) is 2. The van der Waals surface area contributed by atoms with Crippen LogP contribution >= 0.6 is 0 Å². The van der Waals surface area contributed by atoms with Gasteiger partial charge in [-0.25, -0.2) is 44.2 Å². The Morgan fingerprint density at radius 1 is 0.459 bits per heavy atom. The number of ketones is 1. The molecule has 44 nitrogen and oxygen atoms in total. The molecule has 0 aliphatic carbocycles. The van der Waals surface area contributed by atoms with E-state index >= 15 is 0 Å². The van der Waals surface area contributed by atoms with Gasteiger partial charge in [-0.3, -0.25) is 53.6 Å². The first-order chi connectivity index (χ1) is 62.9. The number of nitrogens with one attached hydrogen (secondary N) is 3. The number of Topliss-reactive ketones (excluding diaryl/α,β-unsaturated/α-hetero) is 1. The number of carbonyl (C=O) groups excluding carboxylic acids is 10. The average molecular weight is 1880 g/mol. The van der Waals surface area contributed by atoms with Gasteiger partial charge in [0.2, 0.25) is 29.5 Å². The zero-order chi connectivity index (χ0) is 95.9. The van der Waals surface area contributed by atoms with E-state index in [0.717, 1.165) is 36.0 Å². The highest BCUT2D eigenvalue weighted by atomic mass is 32.3. The SMILES string of the molecule is C[C@@H]1C[C@H](C(=O)CNC(=O)[C@@H]2CC[C@@H]3CN2C(=O)N3OCc2ccccc2)N(C(=O)OC(C)(C)C)C1.C[C@@H]1C[C@H](C(=O)O)N(C(=O)OC(C)(C)C)C1.C[C@@H]1C[C@H](c2nnc([C@@H]3CC[C@@H]4CN3C(=O)N4OCc3ccccc3)o2)N(C(=O)OC(C)(C)C)C1.NNC(=O)[C@@H]1CC[C@@H]2CN1C(=O)N2OCc1ccccc1.N[C@H]1CN[C@@H](c2nnc(C3CC[C@@H]4CN3C(=O)N4OS(=O)(=O)O)o2)C1. The number of piperidine rings is 4. The van der Waals surface area contributed by atoms with Crippen LogP contribution in [-0.2, 0) is 82.4 Å². The summed E-state index contributed by atoms with van der Waals surface area (Å²) in [6, 6.07) is 23.3. The van der Waals surface area contributed by atoms with Gasteiger partial charge in [0.25, 0.3) is 5.91 Å². The van der Waals surface area contributed by atoms with Gasteiger partial charge >= 0.3 is 58.8 Å². The molecule has 9 N–H and O–H groups in total. The van der Waals surface area contributed by atoms with Crippen molar-refractivity contribution in [1.82, 2.24) is 91.0 Å². The number of ether oxygens (including phenoxy) is 3. The van der Waals surface area contributed by atoms with Crippen LogP contribution in [0.2, 0.25) is 0 Å². The highest BCUT2D eigenvalue weighted by molar-refractivity contribution is 7.80. The topological polar surface area (TPSA) is 529 Å². The van der Waals surface area contributed by atoms with Crippen LogP contribution in [0.3, 0.4) is 0 Å². The quantitative estimate of drug-likeness (QED) is 0.0119. The molecule has 14 heterocycles. The summed E-state index contributed by atoms with van der Waals surface area (Å²) >= 11 is 0. The van der Waals surface area contributed by atoms with Crippen LogP contribution in [0, 0.1) is 17.8 Å². The third-order valence-electron chi connectivity index (χ3n) is 24.6. The lowest BCUT2D eigenvalue weighted by atomic mass is 10.00. The van der Waals surface area contributed by atoms with Gasteiger partial charge in [-0.05, 0) is 174 Å². The summed E-state index contributed by atoms with van der Waals surface area (Å²) in [6.45, 7) is 26.8. The van der Waals surface area contributed by atoms with Crippen molar-refractivity contribution in [2.75, 3.05) is 58.9 Å². The number of fused-ring (bicyclic) bond motifs is 8. The summed E-state index contributed by atoms with van der Waals surface area (Å²) in [5.74, 6) is 5.41. The van der Waals surface area contributed by atoms with Crippen molar-refractivity contribution in [3.05, 3.63) is 131 Å². The number of hydrazine groups is 1. The number of carboxylic acids is 1. The molecule has 12 fully saturated rings. The van der Waals surface area contributed by atoms with E-state index < -0.39 is 87.6 Å². The van der Waals surface area contributed by atoms with Crippen molar-refractivity contribution in [2.24, 2.45) is 29.3 Å². The molecular weight excluding hydrogens is 1750 g/mol. The number of carbonyl (C=O) groups is 11. The fraction of sp³-hybridized carbons (Fsp3) is 0.625. The van der Waals surface area contributed by atoms with E-state index in [1.165, 1.54) is 39.7 Å². The van der Waals surface area contributed by atoms with Crippen LogP contribution in [-0.4, -0.2) is 289 Å². The number of hydroxylamine groups is 8. The number of aromatic nitrogens is 4. The molecule has 133 heavy (non-hydrogen) atoms. The minimum atomic E-state index is -4.77. The number of hydrogen-bond donors (Lipinski definition) is 7. The molecule has 45 heteroatoms. The normalized spacial score (nSPS) is 27.0. The fourth-order valence-corrected chi connectivity index (χ4v) is 18.8. The molecule has 12 saturated heterocycles. The van der Waals surface area contributed by atoms with Crippen LogP contribution in [0.25, 0.3) is 0 Å². The molecule has 8 bridgehead atoms. The average Bonchev–Trinajstić information content (AvgIpc) is 1.63. The molecular formula is C88H124N20O24S. The van der Waals surface area contributed by atoms with Crippen molar-refractivity contribution in [2.45, 2.75) is 275 Å². The van der Waals surface area contributed by atoms with Gasteiger partial charge in [0.05, 0.1) is 42.8 Å². The first-order valence-corrected chi connectivity index (χ1v) is 46.6. The van der Waals surface area contributed by atoms with Crippen molar-refractivity contribution < 1.29 is 113 Å². The molecule has 3 aromatic carbocycles. The second-order valence-corrected chi connectivity index (χ2v) is 39.7. The van der Waals surface area contributed by atoms with E-state index in [9.17, 15) is 61.2 Å². The molecule has 0 spiro atoms. The van der Waals surface area contributed by atoms with E-state index in [4.69, 9.17) is 58.8 Å². The number of benzene rings is 3. The minimum absolute atomic E-state index is 0.00281. The summed E-state index contributed by atoms with van der Waals surface area (Å²) < 4.78 is 63.1. The number of nitrogens with zero attached hydrogens (tertiary/aromatic N) is 15. The van der Waals surface area contributed by atoms with Crippen molar-refractivity contribution in [1.29, 1.82) is 0 Å².